The molecule has 1 fully saturated rings. The van der Waals surface area contributed by atoms with Gasteiger partial charge in [0.05, 0.1) is 6.10 Å². The predicted molar refractivity (Wildman–Crippen MR) is 93.9 cm³/mol. The van der Waals surface area contributed by atoms with Crippen LogP contribution < -0.4 is 0 Å². The largest absolute Gasteiger partial charge is 0.465 e. The van der Waals surface area contributed by atoms with Crippen molar-refractivity contribution in [2.24, 2.45) is 11.3 Å². The van der Waals surface area contributed by atoms with Crippen molar-refractivity contribution in [3.63, 3.8) is 0 Å². The number of amides is 1. The minimum atomic E-state index is -0.859. The van der Waals surface area contributed by atoms with Crippen LogP contribution in [0.15, 0.2) is 29.2 Å². The molecule has 1 aromatic rings. The van der Waals surface area contributed by atoms with E-state index >= 15 is 0 Å². The average Bonchev–Trinajstić information content (AvgIpc) is 2.52. The Bertz CT molecular complexity index is 538. The summed E-state index contributed by atoms with van der Waals surface area (Å²) in [7, 11) is 0. The van der Waals surface area contributed by atoms with E-state index in [2.05, 4.69) is 20.8 Å². The molecule has 0 radical (unpaired) electrons. The molecule has 3 unspecified atom stereocenters. The highest BCUT2D eigenvalue weighted by atomic mass is 32.2. The van der Waals surface area contributed by atoms with Crippen LogP contribution in [0, 0.1) is 11.3 Å². The zero-order valence-electron chi connectivity index (χ0n) is 14.3. The number of aliphatic hydroxyl groups is 1. The van der Waals surface area contributed by atoms with Gasteiger partial charge in [0.2, 0.25) is 0 Å². The SMILES string of the molecule is CSc1ccc(C(O)C2CCN(C(=O)O)C(C(C)(C)C)C2)cc1. The Hall–Kier alpha value is -1.20. The van der Waals surface area contributed by atoms with Crippen LogP contribution in [-0.2, 0) is 0 Å². The summed E-state index contributed by atoms with van der Waals surface area (Å²) < 4.78 is 0. The van der Waals surface area contributed by atoms with Gasteiger partial charge in [0, 0.05) is 17.5 Å². The van der Waals surface area contributed by atoms with E-state index < -0.39 is 12.2 Å². The van der Waals surface area contributed by atoms with Gasteiger partial charge >= 0.3 is 6.09 Å². The maximum Gasteiger partial charge on any atom is 0.407 e. The highest BCUT2D eigenvalue weighted by Crippen LogP contribution is 2.39. The molecule has 128 valence electrons. The zero-order valence-corrected chi connectivity index (χ0v) is 15.1. The molecule has 1 saturated heterocycles. The molecular formula is C18H27NO3S. The van der Waals surface area contributed by atoms with E-state index in [1.807, 2.05) is 30.5 Å². The number of aliphatic hydroxyl groups excluding tert-OH is 1. The first-order valence-corrected chi connectivity index (χ1v) is 9.28. The number of benzene rings is 1. The average molecular weight is 337 g/mol. The molecule has 1 aromatic carbocycles. The van der Waals surface area contributed by atoms with E-state index in [1.165, 1.54) is 4.90 Å². The van der Waals surface area contributed by atoms with Crippen molar-refractivity contribution in [2.45, 2.75) is 50.7 Å². The molecule has 23 heavy (non-hydrogen) atoms. The van der Waals surface area contributed by atoms with Crippen molar-refractivity contribution in [1.29, 1.82) is 0 Å². The third-order valence-electron chi connectivity index (χ3n) is 4.79. The Labute approximate surface area is 142 Å². The monoisotopic (exact) mass is 337 g/mol. The minimum absolute atomic E-state index is 0.0705. The van der Waals surface area contributed by atoms with Gasteiger partial charge in [0.25, 0.3) is 0 Å². The van der Waals surface area contributed by atoms with E-state index in [-0.39, 0.29) is 17.4 Å². The van der Waals surface area contributed by atoms with E-state index in [1.54, 1.807) is 16.7 Å². The Kier molecular flexibility index (Phi) is 5.63. The van der Waals surface area contributed by atoms with Crippen LogP contribution in [0.1, 0.15) is 45.3 Å². The standard InChI is InChI=1S/C18H27NO3S/c1-18(2,3)15-11-13(9-10-19(15)17(21)22)16(20)12-5-7-14(23-4)8-6-12/h5-8,13,15-16,20H,9-11H2,1-4H3,(H,21,22). The summed E-state index contributed by atoms with van der Waals surface area (Å²) in [5, 5.41) is 20.2. The van der Waals surface area contributed by atoms with Gasteiger partial charge < -0.3 is 15.1 Å². The van der Waals surface area contributed by atoms with Gasteiger partial charge in [0.15, 0.2) is 0 Å². The summed E-state index contributed by atoms with van der Waals surface area (Å²) >= 11 is 1.68. The number of hydrogen-bond acceptors (Lipinski definition) is 3. The molecule has 5 heteroatoms. The van der Waals surface area contributed by atoms with Crippen LogP contribution in [-0.4, -0.2) is 40.0 Å². The minimum Gasteiger partial charge on any atom is -0.465 e. The fraction of sp³-hybridized carbons (Fsp3) is 0.611. The number of thioether (sulfide) groups is 1. The maximum atomic E-state index is 11.5. The summed E-state index contributed by atoms with van der Waals surface area (Å²) in [6.07, 6.45) is 2.03. The number of carbonyl (C=O) groups is 1. The van der Waals surface area contributed by atoms with E-state index in [0.29, 0.717) is 19.4 Å². The Morgan fingerprint density at radius 2 is 1.91 bits per heavy atom. The normalized spacial score (nSPS) is 23.6. The predicted octanol–water partition coefficient (Wildman–Crippen LogP) is 4.25. The van der Waals surface area contributed by atoms with Crippen molar-refractivity contribution in [2.75, 3.05) is 12.8 Å². The quantitative estimate of drug-likeness (QED) is 0.810. The number of piperidine rings is 1. The lowest BCUT2D eigenvalue weighted by Gasteiger charge is -2.45. The topological polar surface area (TPSA) is 60.8 Å². The lowest BCUT2D eigenvalue weighted by Crippen LogP contribution is -2.52. The van der Waals surface area contributed by atoms with Gasteiger partial charge in [-0.15, -0.1) is 11.8 Å². The molecular weight excluding hydrogens is 310 g/mol. The lowest BCUT2D eigenvalue weighted by atomic mass is 9.74. The molecule has 0 spiro atoms. The first-order chi connectivity index (χ1) is 10.7. The summed E-state index contributed by atoms with van der Waals surface area (Å²) in [6.45, 7) is 6.68. The number of likely N-dealkylation sites (tertiary alicyclic amines) is 1. The van der Waals surface area contributed by atoms with Gasteiger partial charge in [-0.25, -0.2) is 4.79 Å². The van der Waals surface area contributed by atoms with Crippen LogP contribution in [0.3, 0.4) is 0 Å². The molecule has 0 aromatic heterocycles. The smallest absolute Gasteiger partial charge is 0.407 e. The molecule has 3 atom stereocenters. The number of nitrogens with zero attached hydrogens (tertiary/aromatic N) is 1. The van der Waals surface area contributed by atoms with Crippen molar-refractivity contribution < 1.29 is 15.0 Å². The first-order valence-electron chi connectivity index (χ1n) is 8.05. The fourth-order valence-corrected chi connectivity index (χ4v) is 3.81. The van der Waals surface area contributed by atoms with Crippen molar-refractivity contribution in [3.8, 4) is 0 Å². The zero-order chi connectivity index (χ0) is 17.2. The summed E-state index contributed by atoms with van der Waals surface area (Å²) in [4.78, 5) is 14.2. The molecule has 1 aliphatic rings. The van der Waals surface area contributed by atoms with E-state index in [0.717, 1.165) is 5.56 Å². The van der Waals surface area contributed by atoms with Crippen molar-refractivity contribution in [3.05, 3.63) is 29.8 Å². The van der Waals surface area contributed by atoms with Crippen molar-refractivity contribution >= 4 is 17.9 Å². The maximum absolute atomic E-state index is 11.5. The number of carboxylic acid groups (broad SMARTS) is 1. The summed E-state index contributed by atoms with van der Waals surface area (Å²) in [6, 6.07) is 7.94. The third kappa shape index (κ3) is 4.21. The van der Waals surface area contributed by atoms with Crippen LogP contribution in [0.2, 0.25) is 0 Å². The fourth-order valence-electron chi connectivity index (χ4n) is 3.40. The van der Waals surface area contributed by atoms with Crippen LogP contribution in [0.25, 0.3) is 0 Å². The van der Waals surface area contributed by atoms with E-state index in [9.17, 15) is 15.0 Å². The Morgan fingerprint density at radius 3 is 2.39 bits per heavy atom. The Balaban J connectivity index is 2.15. The molecule has 2 rings (SSSR count). The van der Waals surface area contributed by atoms with Crippen LogP contribution in [0.4, 0.5) is 4.79 Å². The second-order valence-corrected chi connectivity index (χ2v) is 8.24. The van der Waals surface area contributed by atoms with Gasteiger partial charge in [-0.1, -0.05) is 32.9 Å². The third-order valence-corrected chi connectivity index (χ3v) is 5.54. The van der Waals surface area contributed by atoms with Gasteiger partial charge in [-0.3, -0.25) is 0 Å². The van der Waals surface area contributed by atoms with Crippen LogP contribution >= 0.6 is 11.8 Å². The van der Waals surface area contributed by atoms with E-state index in [4.69, 9.17) is 0 Å². The number of hydrogen-bond donors (Lipinski definition) is 2. The summed E-state index contributed by atoms with van der Waals surface area (Å²) in [5.41, 5.74) is 0.781. The molecule has 2 N–H and O–H groups in total. The first kappa shape index (κ1) is 18.1. The van der Waals surface area contributed by atoms with Gasteiger partial charge in [-0.2, -0.15) is 0 Å². The van der Waals surface area contributed by atoms with Gasteiger partial charge in [-0.05, 0) is 48.1 Å². The molecule has 1 aliphatic heterocycles. The van der Waals surface area contributed by atoms with Crippen LogP contribution in [0.5, 0.6) is 0 Å². The van der Waals surface area contributed by atoms with Gasteiger partial charge in [0.1, 0.15) is 0 Å². The molecule has 0 bridgehead atoms. The highest BCUT2D eigenvalue weighted by molar-refractivity contribution is 7.98. The second kappa shape index (κ2) is 7.14. The molecule has 0 aliphatic carbocycles. The molecule has 1 heterocycles. The summed E-state index contributed by atoms with van der Waals surface area (Å²) in [5.74, 6) is 0.0926. The highest BCUT2D eigenvalue weighted by Gasteiger charge is 2.40. The van der Waals surface area contributed by atoms with Crippen molar-refractivity contribution in [1.82, 2.24) is 4.90 Å². The molecule has 1 amide bonds. The lowest BCUT2D eigenvalue weighted by molar-refractivity contribution is -0.000845. The Morgan fingerprint density at radius 1 is 1.30 bits per heavy atom. The molecule has 0 saturated carbocycles. The second-order valence-electron chi connectivity index (χ2n) is 7.36. The molecule has 4 nitrogen and oxygen atoms in total. The number of rotatable bonds is 3.